The Labute approximate surface area is 393 Å². The maximum absolute atomic E-state index is 14.3. The zero-order chi connectivity index (χ0) is 48.3. The molecule has 0 saturated heterocycles. The van der Waals surface area contributed by atoms with Crippen molar-refractivity contribution in [3.05, 3.63) is 125 Å². The van der Waals surface area contributed by atoms with Crippen molar-refractivity contribution in [3.8, 4) is 5.75 Å². The first-order valence-electron chi connectivity index (χ1n) is 23.4. The standard InChI is InChI=1S/C53H65N4O9P/c1-56(2)41-33-40(47(59)44-38(41)31-34-32-39-46(57(3)4)49(61)45(52(54)64)51(63)53(39,65)50(62)43(34)48(44)60)55-42(58)29-21-10-8-6-5-7-9-11-22-30-67(66,35-23-15-12-16-24-35,36-25-17-13-18-26-36)37-27-19-14-20-28-37/h12-20,23-28,33-34,39,46,59-60,63,65-66H,5-11,21-22,29-32H2,1-4H3,(H2,54,64)(H,55,58)/t34-,39-,46-,53-/m0/s1. The number of nitrogens with two attached hydrogens (primary N) is 1. The summed E-state index contributed by atoms with van der Waals surface area (Å²) in [6.45, 7) is -3.73. The van der Waals surface area contributed by atoms with E-state index in [0.717, 1.165) is 67.3 Å². The molecule has 0 radical (unpaired) electrons. The average Bonchev–Trinajstić information content (AvgIpc) is 3.30. The molecule has 1 saturated carbocycles. The predicted octanol–water partition coefficient (Wildman–Crippen LogP) is 6.31. The van der Waals surface area contributed by atoms with Gasteiger partial charge in [-0.1, -0.05) is 0 Å². The second-order valence-corrected chi connectivity index (χ2v) is 23.5. The number of ketones is 2. The van der Waals surface area contributed by atoms with E-state index in [4.69, 9.17) is 5.73 Å². The smallest absolute Gasteiger partial charge is 0.255 e. The van der Waals surface area contributed by atoms with Crippen LogP contribution in [0.1, 0.15) is 81.8 Å². The monoisotopic (exact) mass is 932 g/mol. The number of phenolic OH excluding ortho intramolecular Hbond substituents is 1. The number of primary amides is 1. The normalized spacial score (nSPS) is 21.0. The van der Waals surface area contributed by atoms with E-state index in [1.165, 1.54) is 4.90 Å². The Morgan fingerprint density at radius 2 is 1.25 bits per heavy atom. The Morgan fingerprint density at radius 1 is 0.761 bits per heavy atom. The van der Waals surface area contributed by atoms with Crippen LogP contribution in [0.15, 0.2) is 114 Å². The van der Waals surface area contributed by atoms with E-state index in [1.807, 2.05) is 54.6 Å². The summed E-state index contributed by atoms with van der Waals surface area (Å²) < 4.78 is 0. The number of Topliss-reactive ketones (excluding diaryl/α,β-unsaturated/α-hetero) is 2. The van der Waals surface area contributed by atoms with Crippen LogP contribution in [-0.2, 0) is 25.6 Å². The molecule has 0 heterocycles. The number of benzene rings is 4. The predicted molar refractivity (Wildman–Crippen MR) is 266 cm³/mol. The maximum atomic E-state index is 14.3. The largest absolute Gasteiger partial charge is 0.508 e. The first-order chi connectivity index (χ1) is 32.0. The molecule has 0 bridgehead atoms. The van der Waals surface area contributed by atoms with Gasteiger partial charge in [0, 0.05) is 31.3 Å². The summed E-state index contributed by atoms with van der Waals surface area (Å²) in [7, 11) is 6.66. The van der Waals surface area contributed by atoms with E-state index in [2.05, 4.69) is 41.7 Å². The van der Waals surface area contributed by atoms with Gasteiger partial charge in [-0.05, 0) is 44.5 Å². The van der Waals surface area contributed by atoms with E-state index < -0.39 is 70.6 Å². The fourth-order valence-corrected chi connectivity index (χ4v) is 16.0. The third-order valence-electron chi connectivity index (χ3n) is 14.4. The molecule has 4 aromatic carbocycles. The molecule has 0 unspecified atom stereocenters. The van der Waals surface area contributed by atoms with E-state index in [1.54, 1.807) is 39.2 Å². The number of aromatic hydroxyl groups is 1. The number of rotatable bonds is 19. The summed E-state index contributed by atoms with van der Waals surface area (Å²) in [4.78, 5) is 69.9. The molecule has 4 aromatic rings. The number of nitrogens with one attached hydrogen (secondary N) is 1. The SMILES string of the molecule is CN(C)c1cc(NC(=O)CCCCCCCCCCCP(O)(c2ccccc2)(c2ccccc2)c2ccccc2)c(O)c2c1C[C@H]1C[C@H]3[C@H](N(C)C)C(=O)C(C(N)=O)=C(O)[C@@]3(O)C(=O)C1=C2O. The summed E-state index contributed by atoms with van der Waals surface area (Å²) >= 11 is 0. The van der Waals surface area contributed by atoms with Crippen LogP contribution >= 0.6 is 6.83 Å². The van der Waals surface area contributed by atoms with Gasteiger partial charge in [0.15, 0.2) is 11.4 Å². The number of carbonyl (C=O) groups excluding carboxylic acids is 4. The number of unbranched alkanes of at least 4 members (excludes halogenated alkanes) is 8. The van der Waals surface area contributed by atoms with Crippen LogP contribution < -0.4 is 31.9 Å². The molecule has 4 atom stereocenters. The number of likely N-dealkylation sites (N-methyl/N-ethyl adjacent to an activating group) is 1. The number of carbonyl (C=O) groups is 4. The number of nitrogens with zero attached hydrogens (tertiary/aromatic N) is 2. The summed E-state index contributed by atoms with van der Waals surface area (Å²) in [5.74, 6) is -7.66. The zero-order valence-corrected chi connectivity index (χ0v) is 39.8. The molecule has 0 spiro atoms. The number of fused-ring (bicyclic) bond motifs is 3. The summed E-state index contributed by atoms with van der Waals surface area (Å²) in [5, 5.41) is 52.3. The van der Waals surface area contributed by atoms with Crippen molar-refractivity contribution >= 4 is 63.3 Å². The molecule has 0 aliphatic heterocycles. The number of amides is 2. The van der Waals surface area contributed by atoms with E-state index in [0.29, 0.717) is 23.8 Å². The van der Waals surface area contributed by atoms with Crippen molar-refractivity contribution in [1.29, 1.82) is 0 Å². The zero-order valence-electron chi connectivity index (χ0n) is 39.0. The minimum absolute atomic E-state index is 0.0238. The van der Waals surface area contributed by atoms with Crippen LogP contribution in [0.5, 0.6) is 5.75 Å². The second-order valence-electron chi connectivity index (χ2n) is 19.0. The van der Waals surface area contributed by atoms with Crippen LogP contribution in [0.3, 0.4) is 0 Å². The number of anilines is 2. The third kappa shape index (κ3) is 8.79. The number of aliphatic hydroxyl groups is 3. The van der Waals surface area contributed by atoms with Crippen molar-refractivity contribution in [2.24, 2.45) is 17.6 Å². The van der Waals surface area contributed by atoms with Gasteiger partial charge in [-0.15, -0.1) is 0 Å². The molecule has 3 aliphatic rings. The average molecular weight is 933 g/mol. The minimum Gasteiger partial charge on any atom is -0.508 e. The molecule has 1 fully saturated rings. The van der Waals surface area contributed by atoms with Gasteiger partial charge in [-0.3, -0.25) is 24.1 Å². The van der Waals surface area contributed by atoms with Crippen LogP contribution in [0.25, 0.3) is 5.76 Å². The van der Waals surface area contributed by atoms with Crippen molar-refractivity contribution in [2.75, 3.05) is 44.6 Å². The molecule has 13 nitrogen and oxygen atoms in total. The van der Waals surface area contributed by atoms with Crippen molar-refractivity contribution in [2.45, 2.75) is 88.7 Å². The first kappa shape index (κ1) is 49.1. The summed E-state index contributed by atoms with van der Waals surface area (Å²) in [5.41, 5.74) is 2.61. The molecule has 3 aliphatic carbocycles. The van der Waals surface area contributed by atoms with Crippen molar-refractivity contribution < 1.29 is 44.5 Å². The van der Waals surface area contributed by atoms with Gasteiger partial charge in [0.05, 0.1) is 17.3 Å². The molecule has 0 aromatic heterocycles. The Morgan fingerprint density at radius 3 is 1.73 bits per heavy atom. The first-order valence-corrected chi connectivity index (χ1v) is 25.8. The van der Waals surface area contributed by atoms with Gasteiger partial charge >= 0.3 is 195 Å². The summed E-state index contributed by atoms with van der Waals surface area (Å²) in [6, 6.07) is 30.9. The maximum Gasteiger partial charge on any atom is 0.255 e. The van der Waals surface area contributed by atoms with E-state index >= 15 is 0 Å². The topological polar surface area (TPSA) is 214 Å². The van der Waals surface area contributed by atoms with Gasteiger partial charge in [0.1, 0.15) is 22.8 Å². The fourth-order valence-electron chi connectivity index (χ4n) is 11.0. The molecule has 67 heavy (non-hydrogen) atoms. The van der Waals surface area contributed by atoms with Crippen LogP contribution in [0.2, 0.25) is 0 Å². The number of hydrogen-bond donors (Lipinski definition) is 7. The number of hydrogen-bond acceptors (Lipinski definition) is 11. The van der Waals surface area contributed by atoms with E-state index in [-0.39, 0.29) is 42.0 Å². The quantitative estimate of drug-likeness (QED) is 0.0240. The van der Waals surface area contributed by atoms with Gasteiger partial charge in [-0.25, -0.2) is 0 Å². The molecule has 7 rings (SSSR count). The van der Waals surface area contributed by atoms with Crippen LogP contribution in [0, 0.1) is 11.8 Å². The Hall–Kier alpha value is -5.85. The summed E-state index contributed by atoms with van der Waals surface area (Å²) in [6.07, 6.45) is 9.54. The van der Waals surface area contributed by atoms with E-state index in [9.17, 15) is 44.5 Å². The molecule has 2 amide bonds. The van der Waals surface area contributed by atoms with Crippen LogP contribution in [-0.4, -0.2) is 99.6 Å². The van der Waals surface area contributed by atoms with Crippen molar-refractivity contribution in [3.63, 3.8) is 0 Å². The molecule has 14 heteroatoms. The van der Waals surface area contributed by atoms with Gasteiger partial charge in [0.2, 0.25) is 5.78 Å². The molecular weight excluding hydrogens is 868 g/mol. The Kier molecular flexibility index (Phi) is 14.5. The number of phenols is 1. The third-order valence-corrected chi connectivity index (χ3v) is 19.8. The van der Waals surface area contributed by atoms with Crippen LogP contribution in [0.4, 0.5) is 11.4 Å². The Bertz CT molecular complexity index is 2480. The Balaban J connectivity index is 0.942. The number of aliphatic hydroxyl groups excluding tert-OH is 2. The molecule has 356 valence electrons. The minimum atomic E-state index is -3.73. The van der Waals surface area contributed by atoms with Gasteiger partial charge < -0.3 is 36.4 Å². The van der Waals surface area contributed by atoms with Gasteiger partial charge in [0.25, 0.3) is 5.91 Å². The molecule has 8 N–H and O–H groups in total. The van der Waals surface area contributed by atoms with Gasteiger partial charge in [-0.2, -0.15) is 0 Å². The molecular formula is C53H65N4O9P. The fraction of sp³-hybridized carbons (Fsp3) is 0.396. The second kappa shape index (κ2) is 19.8. The van der Waals surface area contributed by atoms with Crippen molar-refractivity contribution in [1.82, 2.24) is 4.90 Å².